The first-order valence-electron chi connectivity index (χ1n) is 9.43. The second-order valence-electron chi connectivity index (χ2n) is 8.28. The summed E-state index contributed by atoms with van der Waals surface area (Å²) < 4.78 is 30.0. The zero-order valence-corrected chi connectivity index (χ0v) is 18.4. The minimum atomic E-state index is -3.75. The van der Waals surface area contributed by atoms with Gasteiger partial charge in [-0.05, 0) is 45.7 Å². The molecule has 2 atom stereocenters. The van der Waals surface area contributed by atoms with Gasteiger partial charge in [-0.3, -0.25) is 9.59 Å². The predicted molar refractivity (Wildman–Crippen MR) is 114 cm³/mol. The van der Waals surface area contributed by atoms with Crippen molar-refractivity contribution in [3.05, 3.63) is 23.8 Å². The van der Waals surface area contributed by atoms with Gasteiger partial charge >= 0.3 is 5.97 Å². The van der Waals surface area contributed by atoms with E-state index >= 15 is 0 Å². The fourth-order valence-electron chi connectivity index (χ4n) is 3.35. The van der Waals surface area contributed by atoms with Gasteiger partial charge in [-0.15, -0.1) is 0 Å². The van der Waals surface area contributed by atoms with Gasteiger partial charge in [-0.2, -0.15) is 4.99 Å². The van der Waals surface area contributed by atoms with E-state index in [4.69, 9.17) is 21.9 Å². The summed E-state index contributed by atoms with van der Waals surface area (Å²) in [6.07, 6.45) is 1.07. The highest BCUT2D eigenvalue weighted by Crippen LogP contribution is 2.33. The Balaban J connectivity index is 2.42. The molecule has 0 radical (unpaired) electrons. The van der Waals surface area contributed by atoms with Crippen molar-refractivity contribution in [3.8, 4) is 0 Å². The van der Waals surface area contributed by atoms with Crippen molar-refractivity contribution >= 4 is 33.4 Å². The van der Waals surface area contributed by atoms with E-state index in [0.29, 0.717) is 18.7 Å². The Kier molecular flexibility index (Phi) is 6.77. The van der Waals surface area contributed by atoms with Gasteiger partial charge in [-0.1, -0.05) is 6.07 Å². The molecule has 1 aromatic rings. The number of piperidine rings is 1. The molecule has 0 aromatic heterocycles. The Hall–Kier alpha value is -2.66. The summed E-state index contributed by atoms with van der Waals surface area (Å²) >= 11 is 0. The monoisotopic (exact) mass is 439 g/mol. The molecule has 30 heavy (non-hydrogen) atoms. The van der Waals surface area contributed by atoms with Crippen LogP contribution in [0.5, 0.6) is 0 Å². The average Bonchev–Trinajstić information content (AvgIpc) is 2.58. The summed E-state index contributed by atoms with van der Waals surface area (Å²) in [5.74, 6) is -2.10. The van der Waals surface area contributed by atoms with Gasteiger partial charge in [0.05, 0.1) is 28.2 Å². The number of guanidine groups is 1. The quantitative estimate of drug-likeness (QED) is 0.340. The molecule has 0 spiro atoms. The van der Waals surface area contributed by atoms with Gasteiger partial charge in [0.15, 0.2) is 15.8 Å². The summed E-state index contributed by atoms with van der Waals surface area (Å²) in [5.41, 5.74) is 16.5. The number of sulfone groups is 1. The fraction of sp³-hybridized carbons (Fsp3) is 0.526. The van der Waals surface area contributed by atoms with E-state index < -0.39 is 39.4 Å². The second-order valence-corrected chi connectivity index (χ2v) is 10.3. The first-order valence-corrected chi connectivity index (χ1v) is 11.3. The molecule has 0 aliphatic carbocycles. The molecule has 1 aromatic carbocycles. The molecule has 0 bridgehead atoms. The van der Waals surface area contributed by atoms with Gasteiger partial charge in [-0.25, -0.2) is 8.42 Å². The number of anilines is 1. The largest absolute Gasteiger partial charge is 0.460 e. The van der Waals surface area contributed by atoms with E-state index in [-0.39, 0.29) is 22.8 Å². The Labute approximate surface area is 176 Å². The molecule has 10 nitrogen and oxygen atoms in total. The number of carbonyl (C=O) groups is 2. The lowest BCUT2D eigenvalue weighted by Crippen LogP contribution is -2.50. The van der Waals surface area contributed by atoms with Crippen LogP contribution in [0.1, 0.15) is 44.0 Å². The van der Waals surface area contributed by atoms with Gasteiger partial charge in [0.25, 0.3) is 5.91 Å². The van der Waals surface area contributed by atoms with Crippen LogP contribution in [0.3, 0.4) is 0 Å². The van der Waals surface area contributed by atoms with Crippen LogP contribution in [0.4, 0.5) is 5.69 Å². The lowest BCUT2D eigenvalue weighted by Gasteiger charge is -2.39. The molecule has 1 heterocycles. The molecule has 1 aliphatic heterocycles. The lowest BCUT2D eigenvalue weighted by molar-refractivity contribution is -0.161. The number of hydrogen-bond donors (Lipinski definition) is 3. The third-order valence-corrected chi connectivity index (χ3v) is 5.68. The van der Waals surface area contributed by atoms with Crippen LogP contribution in [0.15, 0.2) is 28.1 Å². The number of hydrogen-bond acceptors (Lipinski definition) is 7. The van der Waals surface area contributed by atoms with E-state index in [9.17, 15) is 18.0 Å². The standard InChI is InChI=1S/C19H29N5O5S/c1-19(2,3)29-17(26)11-8-9-24(14(20)10-11)12-6-5-7-13(30(4,27)28)15(12)16(25)23-18(21)22/h5-7,11,14H,8-10,20H2,1-4H3,(H4,21,22,23,25). The van der Waals surface area contributed by atoms with Crippen LogP contribution in [-0.4, -0.2) is 50.8 Å². The Morgan fingerprint density at radius 2 is 1.87 bits per heavy atom. The number of benzene rings is 1. The molecule has 1 saturated heterocycles. The van der Waals surface area contributed by atoms with E-state index in [0.717, 1.165) is 6.26 Å². The second kappa shape index (κ2) is 8.60. The van der Waals surface area contributed by atoms with Crippen molar-refractivity contribution in [1.29, 1.82) is 0 Å². The van der Waals surface area contributed by atoms with Crippen LogP contribution in [0, 0.1) is 5.92 Å². The number of rotatable bonds is 4. The van der Waals surface area contributed by atoms with Crippen molar-refractivity contribution in [2.45, 2.75) is 50.3 Å². The summed E-state index contributed by atoms with van der Waals surface area (Å²) in [5, 5.41) is 0. The number of esters is 1. The van der Waals surface area contributed by atoms with Gasteiger partial charge in [0.1, 0.15) is 5.60 Å². The molecule has 166 valence electrons. The molecule has 6 N–H and O–H groups in total. The first-order chi connectivity index (χ1) is 13.7. The minimum Gasteiger partial charge on any atom is -0.460 e. The third kappa shape index (κ3) is 5.70. The molecule has 1 aliphatic rings. The highest BCUT2D eigenvalue weighted by molar-refractivity contribution is 7.90. The zero-order valence-electron chi connectivity index (χ0n) is 17.6. The van der Waals surface area contributed by atoms with E-state index in [2.05, 4.69) is 4.99 Å². The van der Waals surface area contributed by atoms with Crippen molar-refractivity contribution in [1.82, 2.24) is 0 Å². The highest BCUT2D eigenvalue weighted by atomic mass is 32.2. The average molecular weight is 440 g/mol. The van der Waals surface area contributed by atoms with Crippen LogP contribution in [0.2, 0.25) is 0 Å². The van der Waals surface area contributed by atoms with Crippen LogP contribution >= 0.6 is 0 Å². The Bertz CT molecular complexity index is 964. The van der Waals surface area contributed by atoms with Crippen molar-refractivity contribution in [2.75, 3.05) is 17.7 Å². The number of amides is 1. The van der Waals surface area contributed by atoms with E-state index in [1.54, 1.807) is 31.7 Å². The molecule has 1 fully saturated rings. The first kappa shape index (κ1) is 23.6. The molecule has 1 amide bonds. The van der Waals surface area contributed by atoms with Crippen LogP contribution in [0.25, 0.3) is 0 Å². The number of aliphatic imine (C=N–C) groups is 1. The fourth-order valence-corrected chi connectivity index (χ4v) is 4.24. The summed E-state index contributed by atoms with van der Waals surface area (Å²) in [7, 11) is -3.75. The number of nitrogens with zero attached hydrogens (tertiary/aromatic N) is 2. The Morgan fingerprint density at radius 1 is 1.23 bits per heavy atom. The predicted octanol–water partition coefficient (Wildman–Crippen LogP) is 0.347. The maximum atomic E-state index is 12.7. The maximum Gasteiger partial charge on any atom is 0.309 e. The number of carbonyl (C=O) groups excluding carboxylic acids is 2. The molecule has 2 rings (SSSR count). The van der Waals surface area contributed by atoms with E-state index in [1.807, 2.05) is 0 Å². The Morgan fingerprint density at radius 3 is 2.37 bits per heavy atom. The summed E-state index contributed by atoms with van der Waals surface area (Å²) in [6, 6.07) is 4.41. The zero-order chi connectivity index (χ0) is 22.9. The lowest BCUT2D eigenvalue weighted by atomic mass is 9.93. The van der Waals surface area contributed by atoms with E-state index in [1.165, 1.54) is 12.1 Å². The molecule has 11 heteroatoms. The number of ether oxygens (including phenoxy) is 1. The van der Waals surface area contributed by atoms with Gasteiger partial charge < -0.3 is 26.8 Å². The highest BCUT2D eigenvalue weighted by Gasteiger charge is 2.35. The van der Waals surface area contributed by atoms with Gasteiger partial charge in [0.2, 0.25) is 0 Å². The molecular formula is C19H29N5O5S. The van der Waals surface area contributed by atoms with Crippen molar-refractivity contribution in [3.63, 3.8) is 0 Å². The maximum absolute atomic E-state index is 12.7. The molecule has 0 saturated carbocycles. The summed E-state index contributed by atoms with van der Waals surface area (Å²) in [6.45, 7) is 5.69. The third-order valence-electron chi connectivity index (χ3n) is 4.54. The summed E-state index contributed by atoms with van der Waals surface area (Å²) in [4.78, 5) is 30.1. The SMILES string of the molecule is CC(C)(C)OC(=O)C1CCN(c2cccc(S(C)(=O)=O)c2C(=O)N=C(N)N)C(N)C1. The molecule has 2 unspecified atom stereocenters. The van der Waals surface area contributed by atoms with Crippen molar-refractivity contribution < 1.29 is 22.7 Å². The van der Waals surface area contributed by atoms with Crippen LogP contribution < -0.4 is 22.1 Å². The van der Waals surface area contributed by atoms with Crippen LogP contribution in [-0.2, 0) is 19.4 Å². The number of nitrogens with two attached hydrogens (primary N) is 3. The topological polar surface area (TPSA) is 171 Å². The molecular weight excluding hydrogens is 410 g/mol. The minimum absolute atomic E-state index is 0.153. The smallest absolute Gasteiger partial charge is 0.309 e. The van der Waals surface area contributed by atoms with Gasteiger partial charge in [0, 0.05) is 12.8 Å². The normalized spacial score (nSPS) is 19.8. The van der Waals surface area contributed by atoms with Crippen molar-refractivity contribution in [2.24, 2.45) is 28.1 Å².